The van der Waals surface area contributed by atoms with Crippen LogP contribution in [0.3, 0.4) is 0 Å². The summed E-state index contributed by atoms with van der Waals surface area (Å²) in [6.07, 6.45) is 2.65. The SMILES string of the molecule is CCC1=C(C(=O)OC)C(c2ccccc2F)N2C(CC(=O)NC3CC3)=CSC2=N1. The van der Waals surface area contributed by atoms with Gasteiger partial charge in [0.15, 0.2) is 5.17 Å². The molecule has 8 heteroatoms. The number of carbonyl (C=O) groups excluding carboxylic acids is 2. The minimum absolute atomic E-state index is 0.0854. The number of hydrogen-bond donors (Lipinski definition) is 1. The molecule has 3 aliphatic rings. The summed E-state index contributed by atoms with van der Waals surface area (Å²) >= 11 is 1.38. The van der Waals surface area contributed by atoms with Crippen molar-refractivity contribution in [2.75, 3.05) is 7.11 Å². The molecule has 2 aliphatic heterocycles. The van der Waals surface area contributed by atoms with Crippen LogP contribution in [-0.2, 0) is 14.3 Å². The summed E-state index contributed by atoms with van der Waals surface area (Å²) in [5.41, 5.74) is 1.92. The minimum Gasteiger partial charge on any atom is -0.466 e. The Morgan fingerprint density at radius 1 is 1.34 bits per heavy atom. The fraction of sp³-hybridized carbons (Fsp3) is 0.381. The average molecular weight is 415 g/mol. The van der Waals surface area contributed by atoms with E-state index < -0.39 is 17.8 Å². The number of allylic oxidation sites excluding steroid dienone is 1. The molecule has 4 rings (SSSR count). The Balaban J connectivity index is 1.76. The van der Waals surface area contributed by atoms with E-state index in [2.05, 4.69) is 10.3 Å². The van der Waals surface area contributed by atoms with E-state index in [9.17, 15) is 14.0 Å². The molecule has 0 bridgehead atoms. The van der Waals surface area contributed by atoms with Crippen molar-refractivity contribution in [1.29, 1.82) is 0 Å². The molecule has 0 spiro atoms. The third kappa shape index (κ3) is 3.81. The van der Waals surface area contributed by atoms with Gasteiger partial charge in [-0.1, -0.05) is 36.9 Å². The molecule has 1 aromatic carbocycles. The highest BCUT2D eigenvalue weighted by Gasteiger charge is 2.42. The highest BCUT2D eigenvalue weighted by atomic mass is 32.2. The second kappa shape index (κ2) is 8.02. The zero-order valence-corrected chi connectivity index (χ0v) is 17.1. The van der Waals surface area contributed by atoms with Crippen molar-refractivity contribution < 1.29 is 18.7 Å². The van der Waals surface area contributed by atoms with Crippen LogP contribution in [0.2, 0.25) is 0 Å². The van der Waals surface area contributed by atoms with Crippen LogP contribution < -0.4 is 5.32 Å². The van der Waals surface area contributed by atoms with Crippen molar-refractivity contribution in [1.82, 2.24) is 10.2 Å². The number of amides is 1. The summed E-state index contributed by atoms with van der Waals surface area (Å²) in [6, 6.07) is 5.89. The maximum Gasteiger partial charge on any atom is 0.338 e. The number of nitrogens with one attached hydrogen (secondary N) is 1. The van der Waals surface area contributed by atoms with E-state index >= 15 is 0 Å². The van der Waals surface area contributed by atoms with E-state index in [0.29, 0.717) is 34.1 Å². The number of amidine groups is 1. The molecule has 0 saturated heterocycles. The zero-order chi connectivity index (χ0) is 20.5. The molecule has 1 amide bonds. The lowest BCUT2D eigenvalue weighted by molar-refractivity contribution is -0.136. The van der Waals surface area contributed by atoms with Crippen LogP contribution in [0.5, 0.6) is 0 Å². The van der Waals surface area contributed by atoms with E-state index in [1.54, 1.807) is 23.1 Å². The summed E-state index contributed by atoms with van der Waals surface area (Å²) in [7, 11) is 1.30. The lowest BCUT2D eigenvalue weighted by atomic mass is 9.92. The predicted octanol–water partition coefficient (Wildman–Crippen LogP) is 3.63. The second-order valence-electron chi connectivity index (χ2n) is 7.14. The number of fused-ring (bicyclic) bond motifs is 1. The molecule has 1 unspecified atom stereocenters. The quantitative estimate of drug-likeness (QED) is 0.719. The minimum atomic E-state index is -0.735. The van der Waals surface area contributed by atoms with Crippen LogP contribution in [0.4, 0.5) is 4.39 Å². The molecule has 1 N–H and O–H groups in total. The topological polar surface area (TPSA) is 71.0 Å². The van der Waals surface area contributed by atoms with Gasteiger partial charge in [-0.05, 0) is 30.7 Å². The van der Waals surface area contributed by atoms with Crippen LogP contribution in [0.1, 0.15) is 44.2 Å². The first kappa shape index (κ1) is 19.7. The fourth-order valence-electron chi connectivity index (χ4n) is 3.57. The van der Waals surface area contributed by atoms with E-state index in [0.717, 1.165) is 12.8 Å². The predicted molar refractivity (Wildman–Crippen MR) is 109 cm³/mol. The molecule has 1 aliphatic carbocycles. The Kier molecular flexibility index (Phi) is 5.45. The summed E-state index contributed by atoms with van der Waals surface area (Å²) < 4.78 is 19.8. The Hall–Kier alpha value is -2.61. The normalized spacial score (nSPS) is 20.8. The van der Waals surface area contributed by atoms with Crippen molar-refractivity contribution in [2.45, 2.75) is 44.7 Å². The molecular weight excluding hydrogens is 393 g/mol. The van der Waals surface area contributed by atoms with Gasteiger partial charge in [0.25, 0.3) is 0 Å². The number of thioether (sulfide) groups is 1. The van der Waals surface area contributed by atoms with Crippen LogP contribution in [-0.4, -0.2) is 35.1 Å². The van der Waals surface area contributed by atoms with Gasteiger partial charge in [-0.25, -0.2) is 14.2 Å². The number of halogens is 1. The molecular formula is C21H22FN3O3S. The maximum atomic E-state index is 14.8. The lowest BCUT2D eigenvalue weighted by Crippen LogP contribution is -2.38. The van der Waals surface area contributed by atoms with Gasteiger partial charge in [-0.15, -0.1) is 0 Å². The van der Waals surface area contributed by atoms with Crippen molar-refractivity contribution in [2.24, 2.45) is 4.99 Å². The first-order valence-electron chi connectivity index (χ1n) is 9.62. The number of benzene rings is 1. The fourth-order valence-corrected chi connectivity index (χ4v) is 4.51. The van der Waals surface area contributed by atoms with Crippen LogP contribution in [0, 0.1) is 5.82 Å². The van der Waals surface area contributed by atoms with E-state index in [-0.39, 0.29) is 18.4 Å². The molecule has 6 nitrogen and oxygen atoms in total. The highest BCUT2D eigenvalue weighted by molar-refractivity contribution is 8.16. The summed E-state index contributed by atoms with van der Waals surface area (Å²) in [5.74, 6) is -1.05. The Morgan fingerprint density at radius 2 is 2.10 bits per heavy atom. The number of ether oxygens (including phenoxy) is 1. The van der Waals surface area contributed by atoms with Gasteiger partial charge in [0.05, 0.1) is 30.8 Å². The molecule has 29 heavy (non-hydrogen) atoms. The smallest absolute Gasteiger partial charge is 0.338 e. The summed E-state index contributed by atoms with van der Waals surface area (Å²) in [6.45, 7) is 1.90. The van der Waals surface area contributed by atoms with Crippen LogP contribution in [0.25, 0.3) is 0 Å². The lowest BCUT2D eigenvalue weighted by Gasteiger charge is -2.36. The first-order chi connectivity index (χ1) is 14.0. The van der Waals surface area contributed by atoms with Gasteiger partial charge in [0.2, 0.25) is 5.91 Å². The number of methoxy groups -OCH3 is 1. The highest BCUT2D eigenvalue weighted by Crippen LogP contribution is 2.45. The standard InChI is InChI=1S/C21H22FN3O3S/c1-3-16-18(20(27)28-2)19(14-6-4-5-7-15(14)22)25-13(11-29-21(25)24-16)10-17(26)23-12-8-9-12/h4-7,11-12,19H,3,8-10H2,1-2H3,(H,23,26). The van der Waals surface area contributed by atoms with Gasteiger partial charge in [-0.3, -0.25) is 4.79 Å². The van der Waals surface area contributed by atoms with Gasteiger partial charge in [0, 0.05) is 17.3 Å². The number of nitrogens with zero attached hydrogens (tertiary/aromatic N) is 2. The number of hydrogen-bond acceptors (Lipinski definition) is 6. The van der Waals surface area contributed by atoms with Crippen molar-refractivity contribution in [3.05, 3.63) is 58.0 Å². The summed E-state index contributed by atoms with van der Waals surface area (Å²) in [4.78, 5) is 31.5. The van der Waals surface area contributed by atoms with E-state index in [1.165, 1.54) is 24.9 Å². The largest absolute Gasteiger partial charge is 0.466 e. The molecule has 0 radical (unpaired) electrons. The number of carbonyl (C=O) groups is 2. The monoisotopic (exact) mass is 415 g/mol. The number of esters is 1. The molecule has 1 fully saturated rings. The van der Waals surface area contributed by atoms with Gasteiger partial charge in [-0.2, -0.15) is 0 Å². The average Bonchev–Trinajstić information content (AvgIpc) is 3.45. The van der Waals surface area contributed by atoms with Crippen LogP contribution >= 0.6 is 11.8 Å². The Morgan fingerprint density at radius 3 is 2.76 bits per heavy atom. The molecule has 1 atom stereocenters. The summed E-state index contributed by atoms with van der Waals surface area (Å²) in [5, 5.41) is 5.46. The molecule has 152 valence electrons. The Bertz CT molecular complexity index is 952. The van der Waals surface area contributed by atoms with E-state index in [1.807, 2.05) is 12.3 Å². The molecule has 2 heterocycles. The third-order valence-electron chi connectivity index (χ3n) is 5.11. The zero-order valence-electron chi connectivity index (χ0n) is 16.3. The maximum absolute atomic E-state index is 14.8. The van der Waals surface area contributed by atoms with Gasteiger partial charge < -0.3 is 15.0 Å². The van der Waals surface area contributed by atoms with Gasteiger partial charge >= 0.3 is 5.97 Å². The second-order valence-corrected chi connectivity index (χ2v) is 7.98. The van der Waals surface area contributed by atoms with Crippen molar-refractivity contribution in [3.63, 3.8) is 0 Å². The number of aliphatic imine (C=N–C) groups is 1. The first-order valence-corrected chi connectivity index (χ1v) is 10.5. The molecule has 0 aromatic heterocycles. The molecule has 1 saturated carbocycles. The Labute approximate surface area is 172 Å². The molecule has 1 aromatic rings. The van der Waals surface area contributed by atoms with Gasteiger partial charge in [0.1, 0.15) is 5.82 Å². The third-order valence-corrected chi connectivity index (χ3v) is 6.00. The van der Waals surface area contributed by atoms with Crippen molar-refractivity contribution >= 4 is 28.8 Å². The van der Waals surface area contributed by atoms with Crippen molar-refractivity contribution in [3.8, 4) is 0 Å². The van der Waals surface area contributed by atoms with Crippen LogP contribution in [0.15, 0.2) is 51.6 Å². The van der Waals surface area contributed by atoms with E-state index in [4.69, 9.17) is 4.74 Å². The number of rotatable bonds is 6.